The molecule has 6 nitrogen and oxygen atoms in total. The Bertz CT molecular complexity index is 639. The molecule has 1 atom stereocenters. The second-order valence-corrected chi connectivity index (χ2v) is 5.23. The van der Waals surface area contributed by atoms with E-state index in [1.807, 2.05) is 30.3 Å². The van der Waals surface area contributed by atoms with E-state index in [1.54, 1.807) is 6.20 Å². The molecule has 1 heterocycles. The number of carboxylic acids is 1. The fourth-order valence-corrected chi connectivity index (χ4v) is 2.53. The minimum Gasteiger partial charge on any atom is -0.480 e. The van der Waals surface area contributed by atoms with E-state index >= 15 is 0 Å². The molecule has 116 valence electrons. The monoisotopic (exact) mass is 302 g/mol. The van der Waals surface area contributed by atoms with Crippen molar-refractivity contribution in [2.45, 2.75) is 19.4 Å². The van der Waals surface area contributed by atoms with E-state index < -0.39 is 12.0 Å². The van der Waals surface area contributed by atoms with Crippen molar-refractivity contribution in [1.29, 1.82) is 0 Å². The number of carbonyl (C=O) groups is 3. The fraction of sp³-hybridized carbons (Fsp3) is 0.312. The Kier molecular flexibility index (Phi) is 4.60. The third kappa shape index (κ3) is 3.33. The summed E-state index contributed by atoms with van der Waals surface area (Å²) in [7, 11) is 1.44. The maximum absolute atomic E-state index is 12.2. The number of hydrogen-bond acceptors (Lipinski definition) is 3. The fourth-order valence-electron chi connectivity index (χ4n) is 2.53. The molecule has 0 aromatic heterocycles. The molecule has 0 radical (unpaired) electrons. The molecule has 2 amide bonds. The van der Waals surface area contributed by atoms with E-state index in [2.05, 4.69) is 0 Å². The quantitative estimate of drug-likeness (QED) is 0.914. The largest absolute Gasteiger partial charge is 0.480 e. The second kappa shape index (κ2) is 6.43. The van der Waals surface area contributed by atoms with Crippen LogP contribution < -0.4 is 0 Å². The Balaban J connectivity index is 2.25. The highest BCUT2D eigenvalue weighted by Gasteiger charge is 2.29. The van der Waals surface area contributed by atoms with Gasteiger partial charge in [0, 0.05) is 20.2 Å². The van der Waals surface area contributed by atoms with Gasteiger partial charge in [-0.15, -0.1) is 0 Å². The first-order chi connectivity index (χ1) is 10.4. The maximum Gasteiger partial charge on any atom is 0.323 e. The van der Waals surface area contributed by atoms with Gasteiger partial charge in [-0.1, -0.05) is 24.3 Å². The molecule has 1 aliphatic heterocycles. The van der Waals surface area contributed by atoms with Gasteiger partial charge in [-0.25, -0.2) is 0 Å². The average Bonchev–Trinajstić information content (AvgIpc) is 2.46. The number of carbonyl (C=O) groups excluding carboxylic acids is 2. The van der Waals surface area contributed by atoms with Crippen molar-refractivity contribution in [3.63, 3.8) is 0 Å². The van der Waals surface area contributed by atoms with Gasteiger partial charge in [0.2, 0.25) is 11.8 Å². The SMILES string of the molecule is CC(=O)N1C=Cc2ccccc2C1CC(=O)N(C)CC(=O)O. The number of likely N-dealkylation sites (N-methyl/N-ethyl adjacent to an activating group) is 1. The van der Waals surface area contributed by atoms with Crippen LogP contribution in [0.2, 0.25) is 0 Å². The number of hydrogen-bond donors (Lipinski definition) is 1. The smallest absolute Gasteiger partial charge is 0.323 e. The summed E-state index contributed by atoms with van der Waals surface area (Å²) in [6.45, 7) is 1.08. The van der Waals surface area contributed by atoms with Crippen molar-refractivity contribution in [2.75, 3.05) is 13.6 Å². The zero-order valence-electron chi connectivity index (χ0n) is 12.5. The number of benzene rings is 1. The topological polar surface area (TPSA) is 77.9 Å². The number of fused-ring (bicyclic) bond motifs is 1. The van der Waals surface area contributed by atoms with Crippen LogP contribution >= 0.6 is 0 Å². The van der Waals surface area contributed by atoms with E-state index in [0.717, 1.165) is 16.0 Å². The molecule has 0 aliphatic carbocycles. The molecule has 6 heteroatoms. The summed E-state index contributed by atoms with van der Waals surface area (Å²) < 4.78 is 0. The van der Waals surface area contributed by atoms with Gasteiger partial charge >= 0.3 is 5.97 Å². The summed E-state index contributed by atoms with van der Waals surface area (Å²) in [6.07, 6.45) is 3.54. The molecule has 0 bridgehead atoms. The summed E-state index contributed by atoms with van der Waals surface area (Å²) in [6, 6.07) is 7.13. The van der Waals surface area contributed by atoms with Gasteiger partial charge in [-0.05, 0) is 17.2 Å². The van der Waals surface area contributed by atoms with Crippen molar-refractivity contribution in [2.24, 2.45) is 0 Å². The van der Waals surface area contributed by atoms with Crippen LogP contribution in [0.15, 0.2) is 30.5 Å². The van der Waals surface area contributed by atoms with E-state index in [4.69, 9.17) is 5.11 Å². The maximum atomic E-state index is 12.2. The lowest BCUT2D eigenvalue weighted by Crippen LogP contribution is -2.37. The molecule has 0 fully saturated rings. The summed E-state index contributed by atoms with van der Waals surface area (Å²) in [5, 5.41) is 8.77. The van der Waals surface area contributed by atoms with Crippen LogP contribution in [0.25, 0.3) is 6.08 Å². The molecule has 0 spiro atoms. The number of rotatable bonds is 4. The van der Waals surface area contributed by atoms with Crippen molar-refractivity contribution in [1.82, 2.24) is 9.80 Å². The number of aliphatic carboxylic acids is 1. The minimum atomic E-state index is -1.07. The Labute approximate surface area is 128 Å². The highest BCUT2D eigenvalue weighted by Crippen LogP contribution is 2.33. The second-order valence-electron chi connectivity index (χ2n) is 5.23. The van der Waals surface area contributed by atoms with Crippen LogP contribution in [0.5, 0.6) is 0 Å². The molecule has 2 rings (SSSR count). The van der Waals surface area contributed by atoms with Crippen LogP contribution in [0, 0.1) is 0 Å². The predicted molar refractivity (Wildman–Crippen MR) is 80.6 cm³/mol. The lowest BCUT2D eigenvalue weighted by Gasteiger charge is -2.33. The molecule has 0 saturated carbocycles. The van der Waals surface area contributed by atoms with Crippen molar-refractivity contribution in [3.05, 3.63) is 41.6 Å². The highest BCUT2D eigenvalue weighted by molar-refractivity contribution is 5.84. The lowest BCUT2D eigenvalue weighted by molar-refractivity contribution is -0.144. The summed E-state index contributed by atoms with van der Waals surface area (Å²) >= 11 is 0. The van der Waals surface area contributed by atoms with Crippen LogP contribution in [0.1, 0.15) is 30.5 Å². The first kappa shape index (κ1) is 15.8. The van der Waals surface area contributed by atoms with Crippen LogP contribution in [-0.2, 0) is 14.4 Å². The van der Waals surface area contributed by atoms with Crippen LogP contribution in [0.3, 0.4) is 0 Å². The molecular formula is C16H18N2O4. The third-order valence-electron chi connectivity index (χ3n) is 3.64. The normalized spacial score (nSPS) is 16.1. The molecular weight excluding hydrogens is 284 g/mol. The minimum absolute atomic E-state index is 0.0463. The summed E-state index contributed by atoms with van der Waals surface area (Å²) in [4.78, 5) is 37.4. The van der Waals surface area contributed by atoms with Gasteiger partial charge in [0.25, 0.3) is 0 Å². The molecule has 1 aromatic carbocycles. The Morgan fingerprint density at radius 3 is 2.59 bits per heavy atom. The molecule has 1 aromatic rings. The molecule has 0 saturated heterocycles. The first-order valence-corrected chi connectivity index (χ1v) is 6.92. The molecule has 1 unspecified atom stereocenters. The van der Waals surface area contributed by atoms with Gasteiger partial charge in [0.15, 0.2) is 0 Å². The molecule has 1 N–H and O–H groups in total. The zero-order valence-corrected chi connectivity index (χ0v) is 12.5. The van der Waals surface area contributed by atoms with Crippen molar-refractivity contribution in [3.8, 4) is 0 Å². The van der Waals surface area contributed by atoms with E-state index in [9.17, 15) is 14.4 Å². The number of nitrogens with zero attached hydrogens (tertiary/aromatic N) is 2. The molecule has 1 aliphatic rings. The van der Waals surface area contributed by atoms with E-state index in [-0.39, 0.29) is 24.8 Å². The van der Waals surface area contributed by atoms with E-state index in [1.165, 1.54) is 18.9 Å². The zero-order chi connectivity index (χ0) is 16.3. The summed E-state index contributed by atoms with van der Waals surface area (Å²) in [5.41, 5.74) is 1.84. The lowest BCUT2D eigenvalue weighted by atomic mass is 9.93. The Morgan fingerprint density at radius 1 is 1.27 bits per heavy atom. The van der Waals surface area contributed by atoms with Crippen molar-refractivity contribution >= 4 is 23.9 Å². The van der Waals surface area contributed by atoms with Gasteiger partial charge in [0.05, 0.1) is 12.5 Å². The van der Waals surface area contributed by atoms with Gasteiger partial charge in [-0.2, -0.15) is 0 Å². The average molecular weight is 302 g/mol. The number of amides is 2. The predicted octanol–water partition coefficient (Wildman–Crippen LogP) is 1.49. The Morgan fingerprint density at radius 2 is 1.95 bits per heavy atom. The Hall–Kier alpha value is -2.63. The van der Waals surface area contributed by atoms with Crippen LogP contribution in [-0.4, -0.2) is 46.3 Å². The van der Waals surface area contributed by atoms with Gasteiger partial charge in [0.1, 0.15) is 6.54 Å². The van der Waals surface area contributed by atoms with Gasteiger partial charge in [-0.3, -0.25) is 14.4 Å². The van der Waals surface area contributed by atoms with Crippen molar-refractivity contribution < 1.29 is 19.5 Å². The first-order valence-electron chi connectivity index (χ1n) is 6.92. The highest BCUT2D eigenvalue weighted by atomic mass is 16.4. The standard InChI is InChI=1S/C16H18N2O4/c1-11(19)18-8-7-12-5-3-4-6-13(12)14(18)9-15(20)17(2)10-16(21)22/h3-8,14H,9-10H2,1-2H3,(H,21,22). The van der Waals surface area contributed by atoms with Crippen LogP contribution in [0.4, 0.5) is 0 Å². The summed E-state index contributed by atoms with van der Waals surface area (Å²) in [5.74, 6) is -1.54. The number of carboxylic acid groups (broad SMARTS) is 1. The molecule has 22 heavy (non-hydrogen) atoms. The van der Waals surface area contributed by atoms with Gasteiger partial charge < -0.3 is 14.9 Å². The van der Waals surface area contributed by atoms with E-state index in [0.29, 0.717) is 0 Å². The third-order valence-corrected chi connectivity index (χ3v) is 3.64.